The highest BCUT2D eigenvalue weighted by Crippen LogP contribution is 2.35. The number of anilines is 2. The van der Waals surface area contributed by atoms with Crippen molar-refractivity contribution in [1.82, 2.24) is 34.1 Å². The van der Waals surface area contributed by atoms with Crippen LogP contribution in [0.3, 0.4) is 0 Å². The molecule has 0 radical (unpaired) electrons. The lowest BCUT2D eigenvalue weighted by Gasteiger charge is -2.20. The van der Waals surface area contributed by atoms with Gasteiger partial charge < -0.3 is 30.3 Å². The monoisotopic (exact) mass is 556 g/mol. The molecule has 1 aromatic carbocycles. The SMILES string of the molecule is Cc1cc(Nc2ncnn3ccc(C4CCCN(C(=O)C(O)=C(O)O)CC4)c23)ccc1Oc1ccn2ncnc2c1. The van der Waals surface area contributed by atoms with Crippen molar-refractivity contribution in [3.8, 4) is 11.5 Å². The molecule has 1 aliphatic heterocycles. The minimum atomic E-state index is -1.37. The molecular formula is C28H28N8O5. The number of fused-ring (bicyclic) bond motifs is 2. The molecule has 1 unspecified atom stereocenters. The quantitative estimate of drug-likeness (QED) is 0.172. The van der Waals surface area contributed by atoms with Crippen molar-refractivity contribution < 1.29 is 24.9 Å². The van der Waals surface area contributed by atoms with Crippen LogP contribution < -0.4 is 10.1 Å². The first kappa shape index (κ1) is 25.9. The Hall–Kier alpha value is -5.33. The minimum absolute atomic E-state index is 0.110. The zero-order valence-electron chi connectivity index (χ0n) is 22.2. The van der Waals surface area contributed by atoms with Gasteiger partial charge in [0.15, 0.2) is 11.5 Å². The van der Waals surface area contributed by atoms with Gasteiger partial charge in [0.1, 0.15) is 29.7 Å². The Morgan fingerprint density at radius 3 is 2.61 bits per heavy atom. The van der Waals surface area contributed by atoms with Crippen molar-refractivity contribution >= 4 is 28.6 Å². The van der Waals surface area contributed by atoms with E-state index in [1.165, 1.54) is 17.6 Å². The van der Waals surface area contributed by atoms with Crippen LogP contribution in [-0.2, 0) is 4.79 Å². The van der Waals surface area contributed by atoms with Crippen LogP contribution in [0.1, 0.15) is 36.3 Å². The number of likely N-dealkylation sites (tertiary alicyclic amines) is 1. The first-order valence-corrected chi connectivity index (χ1v) is 13.1. The lowest BCUT2D eigenvalue weighted by molar-refractivity contribution is -0.130. The highest BCUT2D eigenvalue weighted by Gasteiger charge is 2.27. The second-order valence-corrected chi connectivity index (χ2v) is 9.90. The number of hydrogen-bond donors (Lipinski definition) is 4. The van der Waals surface area contributed by atoms with Crippen LogP contribution in [-0.4, -0.2) is 68.4 Å². The Kier molecular flexibility index (Phi) is 6.75. The van der Waals surface area contributed by atoms with E-state index in [1.807, 2.05) is 49.5 Å². The molecule has 0 spiro atoms. The molecule has 210 valence electrons. The van der Waals surface area contributed by atoms with Crippen molar-refractivity contribution in [3.05, 3.63) is 84.3 Å². The minimum Gasteiger partial charge on any atom is -0.498 e. The Morgan fingerprint density at radius 1 is 0.976 bits per heavy atom. The Bertz CT molecular complexity index is 1770. The summed E-state index contributed by atoms with van der Waals surface area (Å²) in [6.45, 7) is 2.73. The van der Waals surface area contributed by atoms with E-state index in [4.69, 9.17) is 14.9 Å². The average Bonchev–Trinajstić information content (AvgIpc) is 3.54. The van der Waals surface area contributed by atoms with E-state index < -0.39 is 17.6 Å². The number of pyridine rings is 1. The van der Waals surface area contributed by atoms with Gasteiger partial charge in [0.25, 0.3) is 11.7 Å². The first-order chi connectivity index (χ1) is 19.9. The number of benzene rings is 1. The second-order valence-electron chi connectivity index (χ2n) is 9.90. The van der Waals surface area contributed by atoms with E-state index in [0.717, 1.165) is 28.8 Å². The van der Waals surface area contributed by atoms with Crippen LogP contribution in [0.15, 0.2) is 73.2 Å². The smallest absolute Gasteiger partial charge is 0.324 e. The number of aliphatic hydroxyl groups is 3. The molecule has 5 aromatic rings. The van der Waals surface area contributed by atoms with Gasteiger partial charge in [-0.05, 0) is 73.6 Å². The standard InChI is InChI=1S/C28H28N8O5/c1-17-13-19(4-5-22(17)41-20-7-11-35-23(14-20)29-15-31-35)33-26-24-21(8-12-36(24)32-16-30-26)18-3-2-9-34(10-6-18)27(38)25(37)28(39)40/h4-5,7-8,11-16,18,37,39-40H,2-3,6,9-10H2,1H3,(H,30,32,33). The summed E-state index contributed by atoms with van der Waals surface area (Å²) in [5.74, 6) is -1.08. The second kappa shape index (κ2) is 10.7. The van der Waals surface area contributed by atoms with Crippen molar-refractivity contribution in [2.45, 2.75) is 32.1 Å². The summed E-state index contributed by atoms with van der Waals surface area (Å²) in [6, 6.07) is 11.5. The summed E-state index contributed by atoms with van der Waals surface area (Å²) < 4.78 is 9.55. The molecule has 0 saturated carbocycles. The molecule has 5 heterocycles. The molecule has 4 N–H and O–H groups in total. The van der Waals surface area contributed by atoms with Crippen molar-refractivity contribution in [3.63, 3.8) is 0 Å². The summed E-state index contributed by atoms with van der Waals surface area (Å²) in [5.41, 5.74) is 4.35. The van der Waals surface area contributed by atoms with Gasteiger partial charge in [0.2, 0.25) is 0 Å². The third-order valence-corrected chi connectivity index (χ3v) is 7.27. The van der Waals surface area contributed by atoms with Gasteiger partial charge in [0.05, 0.1) is 0 Å². The number of hydrogen-bond acceptors (Lipinski definition) is 10. The molecule has 4 aromatic heterocycles. The maximum absolute atomic E-state index is 12.4. The molecule has 1 atom stereocenters. The number of ether oxygens (including phenoxy) is 1. The van der Waals surface area contributed by atoms with Gasteiger partial charge in [-0.25, -0.2) is 19.0 Å². The number of aryl methyl sites for hydroxylation is 1. The van der Waals surface area contributed by atoms with Crippen LogP contribution in [0.4, 0.5) is 11.5 Å². The molecular weight excluding hydrogens is 528 g/mol. The van der Waals surface area contributed by atoms with E-state index in [0.29, 0.717) is 48.9 Å². The van der Waals surface area contributed by atoms with Crippen LogP contribution >= 0.6 is 0 Å². The summed E-state index contributed by atoms with van der Waals surface area (Å²) in [7, 11) is 0. The molecule has 6 rings (SSSR count). The van der Waals surface area contributed by atoms with Crippen LogP contribution in [0.2, 0.25) is 0 Å². The third kappa shape index (κ3) is 5.16. The molecule has 0 bridgehead atoms. The van der Waals surface area contributed by atoms with Gasteiger partial charge in [-0.3, -0.25) is 4.79 Å². The van der Waals surface area contributed by atoms with Gasteiger partial charge >= 0.3 is 5.95 Å². The highest BCUT2D eigenvalue weighted by atomic mass is 16.5. The Morgan fingerprint density at radius 2 is 1.78 bits per heavy atom. The van der Waals surface area contributed by atoms with Crippen LogP contribution in [0.25, 0.3) is 11.2 Å². The highest BCUT2D eigenvalue weighted by molar-refractivity contribution is 5.91. The molecule has 1 fully saturated rings. The van der Waals surface area contributed by atoms with Gasteiger partial charge in [-0.1, -0.05) is 0 Å². The first-order valence-electron chi connectivity index (χ1n) is 13.1. The zero-order chi connectivity index (χ0) is 28.5. The van der Waals surface area contributed by atoms with Crippen molar-refractivity contribution in [2.75, 3.05) is 18.4 Å². The molecule has 41 heavy (non-hydrogen) atoms. The normalized spacial score (nSPS) is 15.5. The van der Waals surface area contributed by atoms with E-state index in [-0.39, 0.29) is 5.92 Å². The molecule has 0 aliphatic carbocycles. The number of carbonyl (C=O) groups excluding carboxylic acids is 1. The topological polar surface area (TPSA) is 163 Å². The van der Waals surface area contributed by atoms with Crippen molar-refractivity contribution in [1.29, 1.82) is 0 Å². The van der Waals surface area contributed by atoms with Gasteiger partial charge in [0, 0.05) is 37.2 Å². The van der Waals surface area contributed by atoms with E-state index in [9.17, 15) is 9.90 Å². The van der Waals surface area contributed by atoms with E-state index in [1.54, 1.807) is 15.2 Å². The molecule has 13 nitrogen and oxygen atoms in total. The number of amides is 1. The predicted octanol–water partition coefficient (Wildman–Crippen LogP) is 4.56. The summed E-state index contributed by atoms with van der Waals surface area (Å²) in [6.07, 6.45) is 8.79. The summed E-state index contributed by atoms with van der Waals surface area (Å²) >= 11 is 0. The Balaban J connectivity index is 1.21. The third-order valence-electron chi connectivity index (χ3n) is 7.27. The van der Waals surface area contributed by atoms with E-state index in [2.05, 4.69) is 25.5 Å². The number of aromatic nitrogens is 6. The number of rotatable bonds is 6. The predicted molar refractivity (Wildman–Crippen MR) is 149 cm³/mol. The van der Waals surface area contributed by atoms with Crippen LogP contribution in [0, 0.1) is 6.92 Å². The van der Waals surface area contributed by atoms with E-state index >= 15 is 0 Å². The number of nitrogens with zero attached hydrogens (tertiary/aromatic N) is 7. The fourth-order valence-corrected chi connectivity index (χ4v) is 5.22. The maximum Gasteiger partial charge on any atom is 0.324 e. The van der Waals surface area contributed by atoms with Gasteiger partial charge in [-0.2, -0.15) is 10.2 Å². The summed E-state index contributed by atoms with van der Waals surface area (Å²) in [4.78, 5) is 22.6. The molecule has 1 amide bonds. The van der Waals surface area contributed by atoms with Crippen molar-refractivity contribution in [2.24, 2.45) is 0 Å². The number of nitrogens with one attached hydrogen (secondary N) is 1. The average molecular weight is 557 g/mol. The lowest BCUT2D eigenvalue weighted by Crippen LogP contribution is -2.33. The summed E-state index contributed by atoms with van der Waals surface area (Å²) in [5, 5.41) is 39.8. The molecule has 13 heteroatoms. The molecule has 1 saturated heterocycles. The lowest BCUT2D eigenvalue weighted by atomic mass is 9.93. The van der Waals surface area contributed by atoms with Gasteiger partial charge in [-0.15, -0.1) is 0 Å². The fourth-order valence-electron chi connectivity index (χ4n) is 5.22. The maximum atomic E-state index is 12.4. The van der Waals surface area contributed by atoms with Crippen LogP contribution in [0.5, 0.6) is 11.5 Å². The zero-order valence-corrected chi connectivity index (χ0v) is 22.2. The Labute approximate surface area is 234 Å². The largest absolute Gasteiger partial charge is 0.498 e. The fraction of sp³-hybridized carbons (Fsp3) is 0.250. The number of carbonyl (C=O) groups is 1. The number of aliphatic hydroxyl groups excluding tert-OH is 2. The molecule has 1 aliphatic rings.